The van der Waals surface area contributed by atoms with Gasteiger partial charge in [0.05, 0.1) is 5.02 Å². The molecule has 0 saturated carbocycles. The van der Waals surface area contributed by atoms with Crippen LogP contribution in [-0.2, 0) is 0 Å². The lowest BCUT2D eigenvalue weighted by atomic mass is 10.1. The molecule has 3 aromatic rings. The van der Waals surface area contributed by atoms with E-state index >= 15 is 0 Å². The van der Waals surface area contributed by atoms with Crippen molar-refractivity contribution in [3.63, 3.8) is 0 Å². The maximum absolute atomic E-state index is 6.20. The Balaban J connectivity index is 2.04. The third-order valence-electron chi connectivity index (χ3n) is 2.67. The molecule has 1 nitrogen and oxygen atoms in total. The molecule has 3 aromatic carbocycles. The van der Waals surface area contributed by atoms with Gasteiger partial charge in [-0.3, -0.25) is 0 Å². The number of hydrogen-bond acceptors (Lipinski definition) is 1. The number of fused-ring (bicyclic) bond motifs is 1. The van der Waals surface area contributed by atoms with E-state index in [0.717, 1.165) is 16.5 Å². The summed E-state index contributed by atoms with van der Waals surface area (Å²) in [5.41, 5.74) is 0. The van der Waals surface area contributed by atoms with Gasteiger partial charge in [0, 0.05) is 6.07 Å². The summed E-state index contributed by atoms with van der Waals surface area (Å²) >= 11 is 6.20. The van der Waals surface area contributed by atoms with Crippen molar-refractivity contribution in [2.75, 3.05) is 0 Å². The van der Waals surface area contributed by atoms with E-state index in [9.17, 15) is 0 Å². The minimum absolute atomic E-state index is 0.557. The molecule has 0 aliphatic carbocycles. The molecule has 2 heteroatoms. The first-order valence-corrected chi connectivity index (χ1v) is 6.04. The fraction of sp³-hybridized carbons (Fsp3) is 0. The lowest BCUT2D eigenvalue weighted by Crippen LogP contribution is -1.86. The Bertz CT molecular complexity index is 677. The average molecular weight is 254 g/mol. The van der Waals surface area contributed by atoms with E-state index in [2.05, 4.69) is 6.07 Å². The van der Waals surface area contributed by atoms with Gasteiger partial charge >= 0.3 is 0 Å². The summed E-state index contributed by atoms with van der Waals surface area (Å²) in [6.07, 6.45) is 0. The number of rotatable bonds is 2. The summed E-state index contributed by atoms with van der Waals surface area (Å²) in [5, 5.41) is 2.62. The SMILES string of the molecule is Clc1cc2ccccc2[c]c1Oc1ccccc1. The van der Waals surface area contributed by atoms with Crippen molar-refractivity contribution < 1.29 is 4.74 Å². The van der Waals surface area contributed by atoms with Gasteiger partial charge in [0.2, 0.25) is 0 Å². The first-order chi connectivity index (χ1) is 8.83. The Hall–Kier alpha value is -1.99. The van der Waals surface area contributed by atoms with Gasteiger partial charge in [-0.1, -0.05) is 54.1 Å². The minimum Gasteiger partial charge on any atom is -0.455 e. The second-order valence-electron chi connectivity index (χ2n) is 3.95. The van der Waals surface area contributed by atoms with Crippen LogP contribution in [0.4, 0.5) is 0 Å². The number of halogens is 1. The van der Waals surface area contributed by atoms with E-state index in [1.54, 1.807) is 0 Å². The van der Waals surface area contributed by atoms with Gasteiger partial charge in [0.15, 0.2) is 5.75 Å². The zero-order valence-corrected chi connectivity index (χ0v) is 10.3. The van der Waals surface area contributed by atoms with Crippen LogP contribution in [0, 0.1) is 6.07 Å². The van der Waals surface area contributed by atoms with Gasteiger partial charge in [-0.25, -0.2) is 0 Å². The van der Waals surface area contributed by atoms with Crippen LogP contribution in [0.25, 0.3) is 10.8 Å². The topological polar surface area (TPSA) is 9.23 Å². The van der Waals surface area contributed by atoms with Gasteiger partial charge in [-0.05, 0) is 29.0 Å². The third-order valence-corrected chi connectivity index (χ3v) is 2.95. The highest BCUT2D eigenvalue weighted by molar-refractivity contribution is 6.32. The summed E-state index contributed by atoms with van der Waals surface area (Å²) < 4.78 is 5.73. The lowest BCUT2D eigenvalue weighted by Gasteiger charge is -2.08. The zero-order chi connectivity index (χ0) is 12.4. The molecule has 18 heavy (non-hydrogen) atoms. The highest BCUT2D eigenvalue weighted by Crippen LogP contribution is 2.32. The highest BCUT2D eigenvalue weighted by atomic mass is 35.5. The molecular formula is C16H10ClO. The average Bonchev–Trinajstić information content (AvgIpc) is 2.41. The number of ether oxygens (including phenoxy) is 1. The van der Waals surface area contributed by atoms with E-state index in [1.165, 1.54) is 0 Å². The molecule has 0 N–H and O–H groups in total. The number of hydrogen-bond donors (Lipinski definition) is 0. The van der Waals surface area contributed by atoms with E-state index in [-0.39, 0.29) is 0 Å². The molecule has 0 aliphatic rings. The molecule has 0 aromatic heterocycles. The molecule has 0 spiro atoms. The van der Waals surface area contributed by atoms with Crippen LogP contribution in [-0.4, -0.2) is 0 Å². The molecule has 3 rings (SSSR count). The highest BCUT2D eigenvalue weighted by Gasteiger charge is 2.05. The predicted molar refractivity (Wildman–Crippen MR) is 74.3 cm³/mol. The number of benzene rings is 3. The van der Waals surface area contributed by atoms with E-state index < -0.39 is 0 Å². The fourth-order valence-corrected chi connectivity index (χ4v) is 2.00. The zero-order valence-electron chi connectivity index (χ0n) is 9.56. The lowest BCUT2D eigenvalue weighted by molar-refractivity contribution is 0.483. The van der Waals surface area contributed by atoms with E-state index in [4.69, 9.17) is 16.3 Å². The maximum atomic E-state index is 6.20. The van der Waals surface area contributed by atoms with E-state index in [1.807, 2.05) is 60.7 Å². The molecule has 0 fully saturated rings. The van der Waals surface area contributed by atoms with Crippen LogP contribution >= 0.6 is 11.6 Å². The number of para-hydroxylation sites is 1. The normalized spacial score (nSPS) is 10.5. The second-order valence-corrected chi connectivity index (χ2v) is 4.36. The smallest absolute Gasteiger partial charge is 0.154 e. The van der Waals surface area contributed by atoms with Crippen LogP contribution in [0.15, 0.2) is 60.7 Å². The van der Waals surface area contributed by atoms with Crippen molar-refractivity contribution in [1.82, 2.24) is 0 Å². The van der Waals surface area contributed by atoms with E-state index in [0.29, 0.717) is 10.8 Å². The molecule has 0 heterocycles. The summed E-state index contributed by atoms with van der Waals surface area (Å²) in [5.74, 6) is 1.31. The largest absolute Gasteiger partial charge is 0.455 e. The Morgan fingerprint density at radius 1 is 0.889 bits per heavy atom. The Kier molecular flexibility index (Phi) is 2.91. The summed E-state index contributed by atoms with van der Waals surface area (Å²) in [4.78, 5) is 0. The van der Waals surface area contributed by atoms with Crippen LogP contribution in [0.2, 0.25) is 5.02 Å². The summed E-state index contributed by atoms with van der Waals surface area (Å²) in [6.45, 7) is 0. The van der Waals surface area contributed by atoms with Crippen LogP contribution < -0.4 is 4.74 Å². The molecule has 0 atom stereocenters. The van der Waals surface area contributed by atoms with Crippen molar-refractivity contribution >= 4 is 22.4 Å². The third kappa shape index (κ3) is 2.18. The first kappa shape index (κ1) is 11.1. The summed E-state index contributed by atoms with van der Waals surface area (Å²) in [6, 6.07) is 22.6. The fourth-order valence-electron chi connectivity index (χ4n) is 1.80. The predicted octanol–water partition coefficient (Wildman–Crippen LogP) is 5.09. The molecular weight excluding hydrogens is 244 g/mol. The van der Waals surface area contributed by atoms with Gasteiger partial charge in [0.1, 0.15) is 5.75 Å². The van der Waals surface area contributed by atoms with Crippen LogP contribution in [0.5, 0.6) is 11.5 Å². The molecule has 0 saturated heterocycles. The molecule has 0 aliphatic heterocycles. The Labute approximate surface area is 111 Å². The standard InChI is InChI=1S/C16H10ClO/c17-15-10-12-6-4-5-7-13(12)11-16(15)18-14-8-2-1-3-9-14/h1-10H. The molecule has 0 bridgehead atoms. The van der Waals surface area contributed by atoms with Crippen molar-refractivity contribution in [2.45, 2.75) is 0 Å². The van der Waals surface area contributed by atoms with Gasteiger partial charge in [0.25, 0.3) is 0 Å². The quantitative estimate of drug-likeness (QED) is 0.618. The minimum atomic E-state index is 0.557. The van der Waals surface area contributed by atoms with Crippen molar-refractivity contribution in [1.29, 1.82) is 0 Å². The molecule has 1 radical (unpaired) electrons. The van der Waals surface area contributed by atoms with Gasteiger partial charge in [-0.2, -0.15) is 0 Å². The molecule has 0 amide bonds. The molecule has 0 unspecified atom stereocenters. The van der Waals surface area contributed by atoms with Crippen molar-refractivity contribution in [2.24, 2.45) is 0 Å². The summed E-state index contributed by atoms with van der Waals surface area (Å²) in [7, 11) is 0. The Morgan fingerprint density at radius 3 is 2.44 bits per heavy atom. The van der Waals surface area contributed by atoms with Crippen molar-refractivity contribution in [3.8, 4) is 11.5 Å². The van der Waals surface area contributed by atoms with Gasteiger partial charge in [-0.15, -0.1) is 0 Å². The van der Waals surface area contributed by atoms with Gasteiger partial charge < -0.3 is 4.74 Å². The van der Waals surface area contributed by atoms with Crippen molar-refractivity contribution in [3.05, 3.63) is 71.8 Å². The Morgan fingerprint density at radius 2 is 1.61 bits per heavy atom. The van der Waals surface area contributed by atoms with Crippen LogP contribution in [0.1, 0.15) is 0 Å². The monoisotopic (exact) mass is 253 g/mol. The first-order valence-electron chi connectivity index (χ1n) is 5.66. The van der Waals surface area contributed by atoms with Crippen LogP contribution in [0.3, 0.4) is 0 Å². The molecule has 87 valence electrons. The maximum Gasteiger partial charge on any atom is 0.154 e. The second kappa shape index (κ2) is 4.71.